The van der Waals surface area contributed by atoms with Gasteiger partial charge in [-0.1, -0.05) is 0 Å². The molecule has 94 valence electrons. The summed E-state index contributed by atoms with van der Waals surface area (Å²) in [4.78, 5) is 22.8. The number of furan rings is 1. The summed E-state index contributed by atoms with van der Waals surface area (Å²) >= 11 is 4.16. The number of hydrogen-bond acceptors (Lipinski definition) is 4. The lowest BCUT2D eigenvalue weighted by atomic mass is 10.0. The van der Waals surface area contributed by atoms with Crippen LogP contribution in [-0.2, 0) is 4.79 Å². The Kier molecular flexibility index (Phi) is 3.87. The molecule has 0 aliphatic carbocycles. The lowest BCUT2D eigenvalue weighted by molar-refractivity contribution is -0.139. The van der Waals surface area contributed by atoms with Crippen LogP contribution in [0.25, 0.3) is 0 Å². The number of aryl methyl sites for hydroxylation is 1. The van der Waals surface area contributed by atoms with Crippen LogP contribution in [0.1, 0.15) is 30.0 Å². The van der Waals surface area contributed by atoms with Gasteiger partial charge in [-0.05, 0) is 26.8 Å². The monoisotopic (exact) mass is 257 g/mol. The van der Waals surface area contributed by atoms with E-state index in [1.807, 2.05) is 0 Å². The highest BCUT2D eigenvalue weighted by molar-refractivity contribution is 7.81. The Hall–Kier alpha value is -1.43. The van der Waals surface area contributed by atoms with Crippen molar-refractivity contribution in [1.82, 2.24) is 5.32 Å². The minimum atomic E-state index is -1.14. The number of aliphatic carboxylic acids is 1. The van der Waals surface area contributed by atoms with Crippen LogP contribution in [0.4, 0.5) is 0 Å². The molecule has 1 aromatic heterocycles. The average molecular weight is 257 g/mol. The highest BCUT2D eigenvalue weighted by Gasteiger charge is 2.34. The van der Waals surface area contributed by atoms with Gasteiger partial charge >= 0.3 is 5.97 Å². The molecule has 0 aromatic carbocycles. The summed E-state index contributed by atoms with van der Waals surface area (Å²) in [5.41, 5.74) is 0.656. The van der Waals surface area contributed by atoms with Gasteiger partial charge in [0.25, 0.3) is 5.91 Å². The molecule has 1 heterocycles. The van der Waals surface area contributed by atoms with E-state index in [1.54, 1.807) is 26.8 Å². The first kappa shape index (κ1) is 13.6. The lowest BCUT2D eigenvalue weighted by Crippen LogP contribution is -2.51. The number of hydrogen-bond donors (Lipinski definition) is 3. The molecule has 6 heteroatoms. The molecular formula is C11H15NO4S. The Balaban J connectivity index is 2.86. The van der Waals surface area contributed by atoms with Crippen LogP contribution < -0.4 is 5.32 Å². The SMILES string of the molecule is Cc1ccoc1C(=O)NC(C(=O)O)C(C)(C)S. The summed E-state index contributed by atoms with van der Waals surface area (Å²) in [5.74, 6) is -1.57. The van der Waals surface area contributed by atoms with Gasteiger partial charge in [0, 0.05) is 10.3 Å². The topological polar surface area (TPSA) is 79.5 Å². The maximum atomic E-state index is 11.8. The molecule has 0 bridgehead atoms. The summed E-state index contributed by atoms with van der Waals surface area (Å²) in [6.07, 6.45) is 1.38. The number of carboxylic acids is 1. The highest BCUT2D eigenvalue weighted by atomic mass is 32.1. The molecular weight excluding hydrogens is 242 g/mol. The van der Waals surface area contributed by atoms with E-state index in [9.17, 15) is 9.59 Å². The van der Waals surface area contributed by atoms with Crippen LogP contribution >= 0.6 is 12.6 Å². The van der Waals surface area contributed by atoms with Crippen molar-refractivity contribution in [2.45, 2.75) is 31.6 Å². The standard InChI is InChI=1S/C11H15NO4S/c1-6-4-5-16-7(6)9(13)12-8(10(14)15)11(2,3)17/h4-5,8,17H,1-3H3,(H,12,13)(H,14,15). The van der Waals surface area contributed by atoms with E-state index >= 15 is 0 Å². The van der Waals surface area contributed by atoms with Crippen molar-refractivity contribution < 1.29 is 19.1 Å². The van der Waals surface area contributed by atoms with E-state index in [-0.39, 0.29) is 5.76 Å². The predicted molar refractivity (Wildman–Crippen MR) is 65.4 cm³/mol. The number of nitrogens with one attached hydrogen (secondary N) is 1. The first-order chi connectivity index (χ1) is 7.73. The second kappa shape index (κ2) is 4.83. The third-order valence-electron chi connectivity index (χ3n) is 2.30. The third-order valence-corrected chi connectivity index (χ3v) is 2.56. The van der Waals surface area contributed by atoms with Crippen molar-refractivity contribution in [3.63, 3.8) is 0 Å². The second-order valence-electron chi connectivity index (χ2n) is 4.33. The Morgan fingerprint density at radius 1 is 1.53 bits per heavy atom. The fourth-order valence-electron chi connectivity index (χ4n) is 1.34. The van der Waals surface area contributed by atoms with Crippen molar-refractivity contribution >= 4 is 24.5 Å². The predicted octanol–water partition coefficient (Wildman–Crippen LogP) is 1.48. The second-order valence-corrected chi connectivity index (χ2v) is 5.48. The quantitative estimate of drug-likeness (QED) is 0.714. The van der Waals surface area contributed by atoms with E-state index in [1.165, 1.54) is 6.26 Å². The number of rotatable bonds is 4. The Morgan fingerprint density at radius 2 is 2.12 bits per heavy atom. The maximum Gasteiger partial charge on any atom is 0.327 e. The van der Waals surface area contributed by atoms with Gasteiger partial charge < -0.3 is 14.8 Å². The number of carboxylic acid groups (broad SMARTS) is 1. The van der Waals surface area contributed by atoms with Crippen LogP contribution in [0.2, 0.25) is 0 Å². The summed E-state index contributed by atoms with van der Waals surface area (Å²) in [6, 6.07) is 0.541. The summed E-state index contributed by atoms with van der Waals surface area (Å²) in [6.45, 7) is 4.94. The van der Waals surface area contributed by atoms with Gasteiger partial charge in [-0.25, -0.2) is 4.79 Å². The summed E-state index contributed by atoms with van der Waals surface area (Å²) in [5, 5.41) is 11.4. The molecule has 0 radical (unpaired) electrons. The Morgan fingerprint density at radius 3 is 2.47 bits per heavy atom. The zero-order chi connectivity index (χ0) is 13.2. The molecule has 0 saturated carbocycles. The van der Waals surface area contributed by atoms with Gasteiger partial charge in [-0.2, -0.15) is 12.6 Å². The van der Waals surface area contributed by atoms with E-state index in [4.69, 9.17) is 9.52 Å². The molecule has 1 atom stereocenters. The fourth-order valence-corrected chi connectivity index (χ4v) is 1.52. The fraction of sp³-hybridized carbons (Fsp3) is 0.455. The molecule has 0 aliphatic heterocycles. The van der Waals surface area contributed by atoms with Crippen molar-refractivity contribution in [1.29, 1.82) is 0 Å². The number of carbonyl (C=O) groups excluding carboxylic acids is 1. The van der Waals surface area contributed by atoms with Gasteiger partial charge in [0.15, 0.2) is 5.76 Å². The average Bonchev–Trinajstić information content (AvgIpc) is 2.58. The molecule has 17 heavy (non-hydrogen) atoms. The van der Waals surface area contributed by atoms with E-state index in [2.05, 4.69) is 17.9 Å². The lowest BCUT2D eigenvalue weighted by Gasteiger charge is -2.26. The van der Waals surface area contributed by atoms with Crippen LogP contribution in [-0.4, -0.2) is 27.8 Å². The first-order valence-electron chi connectivity index (χ1n) is 5.03. The Bertz CT molecular complexity index is 433. The molecule has 1 unspecified atom stereocenters. The van der Waals surface area contributed by atoms with Crippen molar-refractivity contribution in [3.05, 3.63) is 23.7 Å². The first-order valence-corrected chi connectivity index (χ1v) is 5.48. The normalized spacial score (nSPS) is 13.2. The summed E-state index contributed by atoms with van der Waals surface area (Å²) < 4.78 is 4.12. The number of carbonyl (C=O) groups is 2. The highest BCUT2D eigenvalue weighted by Crippen LogP contribution is 2.19. The van der Waals surface area contributed by atoms with Crippen molar-refractivity contribution in [2.24, 2.45) is 0 Å². The maximum absolute atomic E-state index is 11.8. The van der Waals surface area contributed by atoms with Gasteiger partial charge in [0.05, 0.1) is 6.26 Å². The van der Waals surface area contributed by atoms with Crippen molar-refractivity contribution in [3.8, 4) is 0 Å². The van der Waals surface area contributed by atoms with E-state index < -0.39 is 22.7 Å². The molecule has 0 fully saturated rings. The van der Waals surface area contributed by atoms with Crippen LogP contribution in [0.15, 0.2) is 16.7 Å². The van der Waals surface area contributed by atoms with Crippen LogP contribution in [0, 0.1) is 6.92 Å². The van der Waals surface area contributed by atoms with Gasteiger partial charge in [-0.3, -0.25) is 4.79 Å². The van der Waals surface area contributed by atoms with Crippen molar-refractivity contribution in [2.75, 3.05) is 0 Å². The van der Waals surface area contributed by atoms with Gasteiger partial charge in [0.2, 0.25) is 0 Å². The zero-order valence-corrected chi connectivity index (χ0v) is 10.7. The molecule has 0 spiro atoms. The largest absolute Gasteiger partial charge is 0.480 e. The van der Waals surface area contributed by atoms with Gasteiger partial charge in [-0.15, -0.1) is 0 Å². The summed E-state index contributed by atoms with van der Waals surface area (Å²) in [7, 11) is 0. The minimum absolute atomic E-state index is 0.119. The minimum Gasteiger partial charge on any atom is -0.480 e. The van der Waals surface area contributed by atoms with E-state index in [0.717, 1.165) is 0 Å². The molecule has 1 aromatic rings. The molecule has 0 aliphatic rings. The number of amides is 1. The molecule has 5 nitrogen and oxygen atoms in total. The molecule has 2 N–H and O–H groups in total. The zero-order valence-electron chi connectivity index (χ0n) is 9.85. The smallest absolute Gasteiger partial charge is 0.327 e. The van der Waals surface area contributed by atoms with Gasteiger partial charge in [0.1, 0.15) is 6.04 Å². The van der Waals surface area contributed by atoms with Crippen LogP contribution in [0.5, 0.6) is 0 Å². The molecule has 0 saturated heterocycles. The Labute approximate surface area is 105 Å². The molecule has 1 rings (SSSR count). The molecule has 1 amide bonds. The third kappa shape index (κ3) is 3.26. The number of thiol groups is 1. The van der Waals surface area contributed by atoms with E-state index in [0.29, 0.717) is 5.56 Å². The van der Waals surface area contributed by atoms with Crippen LogP contribution in [0.3, 0.4) is 0 Å².